The maximum atomic E-state index is 11.8. The predicted octanol–water partition coefficient (Wildman–Crippen LogP) is 3.19. The van der Waals surface area contributed by atoms with Crippen molar-refractivity contribution < 1.29 is 24.4 Å². The monoisotopic (exact) mass is 349 g/mol. The van der Waals surface area contributed by atoms with Gasteiger partial charge in [0.05, 0.1) is 4.92 Å². The van der Waals surface area contributed by atoms with Gasteiger partial charge in [-0.3, -0.25) is 14.7 Å². The topological polar surface area (TPSA) is 121 Å². The van der Waals surface area contributed by atoms with Crippen LogP contribution in [0.1, 0.15) is 38.7 Å². The highest BCUT2D eigenvalue weighted by Gasteiger charge is 2.49. The van der Waals surface area contributed by atoms with E-state index in [9.17, 15) is 29.6 Å². The summed E-state index contributed by atoms with van der Waals surface area (Å²) < 4.78 is 9.30. The third-order valence-corrected chi connectivity index (χ3v) is 6.44. The van der Waals surface area contributed by atoms with Crippen LogP contribution < -0.4 is 0 Å². The third-order valence-electron chi connectivity index (χ3n) is 3.16. The molecule has 3 N–H and O–H groups in total. The summed E-state index contributed by atoms with van der Waals surface area (Å²) in [5, 5.41) is 21.2. The highest BCUT2D eigenvalue weighted by Crippen LogP contribution is 2.63. The molecule has 0 aliphatic heterocycles. The first-order chi connectivity index (χ1) is 10.1. The molecule has 2 unspecified atom stereocenters. The van der Waals surface area contributed by atoms with Gasteiger partial charge in [0.1, 0.15) is 0 Å². The van der Waals surface area contributed by atoms with E-state index < -0.39 is 17.2 Å². The average Bonchev–Trinajstić information content (AvgIpc) is 2.43. The summed E-state index contributed by atoms with van der Waals surface area (Å²) in [6, 6.07) is 4.78. The Morgan fingerprint density at radius 3 is 2.59 bits per heavy atom. The van der Waals surface area contributed by atoms with Crippen LogP contribution in [0.4, 0.5) is 5.69 Å². The largest absolute Gasteiger partial charge is 0.372 e. The van der Waals surface area contributed by atoms with E-state index in [1.165, 1.54) is 18.2 Å². The number of unbranched alkanes of at least 4 members (excludes halogenated alkanes) is 1. The second-order valence-electron chi connectivity index (χ2n) is 5.03. The molecular weight excluding hydrogens is 329 g/mol. The van der Waals surface area contributed by atoms with Crippen LogP contribution in [-0.4, -0.2) is 25.1 Å². The molecule has 0 amide bonds. The Morgan fingerprint density at radius 1 is 1.45 bits per heavy atom. The zero-order valence-electron chi connectivity index (χ0n) is 12.4. The van der Waals surface area contributed by atoms with Crippen LogP contribution in [0.2, 0.25) is 0 Å². The van der Waals surface area contributed by atoms with Crippen molar-refractivity contribution in [3.05, 3.63) is 39.9 Å². The third kappa shape index (κ3) is 4.54. The molecule has 0 saturated carbocycles. The second kappa shape index (κ2) is 7.57. The molecule has 0 radical (unpaired) electrons. The molecule has 0 aliphatic carbocycles. The van der Waals surface area contributed by atoms with Crippen molar-refractivity contribution in [2.24, 2.45) is 0 Å². The molecule has 1 aromatic rings. The summed E-state index contributed by atoms with van der Waals surface area (Å²) in [4.78, 5) is 29.3. The summed E-state index contributed by atoms with van der Waals surface area (Å²) in [5.74, 6) is 0. The van der Waals surface area contributed by atoms with Gasteiger partial charge in [-0.1, -0.05) is 38.8 Å². The lowest BCUT2D eigenvalue weighted by atomic mass is 10.2. The number of hydrogen-bond donors (Lipinski definition) is 3. The van der Waals surface area contributed by atoms with E-state index in [-0.39, 0.29) is 16.5 Å². The van der Waals surface area contributed by atoms with Gasteiger partial charge in [-0.15, -0.1) is 11.8 Å². The number of nitro benzene ring substituents is 1. The quantitative estimate of drug-likeness (QED) is 0.285. The van der Waals surface area contributed by atoms with Crippen LogP contribution in [-0.2, 0) is 9.24 Å². The lowest BCUT2D eigenvalue weighted by molar-refractivity contribution is -0.385. The van der Waals surface area contributed by atoms with Gasteiger partial charge in [-0.2, -0.15) is 0 Å². The molecule has 0 spiro atoms. The number of rotatable bonds is 8. The van der Waals surface area contributed by atoms with Crippen LogP contribution in [0.25, 0.3) is 0 Å². The van der Waals surface area contributed by atoms with Crippen molar-refractivity contribution in [2.75, 3.05) is 0 Å². The number of nitro groups is 1. The molecule has 1 rings (SSSR count). The molecule has 1 aromatic carbocycles. The first-order valence-corrected chi connectivity index (χ1v) is 9.31. The van der Waals surface area contributed by atoms with Crippen molar-refractivity contribution in [1.82, 2.24) is 0 Å². The van der Waals surface area contributed by atoms with Crippen molar-refractivity contribution >= 4 is 25.0 Å². The number of non-ortho nitro benzene ring substituents is 1. The van der Waals surface area contributed by atoms with Gasteiger partial charge >= 0.3 is 7.60 Å². The average molecular weight is 349 g/mol. The molecule has 22 heavy (non-hydrogen) atoms. The fourth-order valence-corrected chi connectivity index (χ4v) is 4.63. The van der Waals surface area contributed by atoms with Crippen molar-refractivity contribution in [3.63, 3.8) is 0 Å². The maximum absolute atomic E-state index is 11.8. The van der Waals surface area contributed by atoms with E-state index in [2.05, 4.69) is 0 Å². The summed E-state index contributed by atoms with van der Waals surface area (Å²) in [6.07, 6.45) is 2.47. The van der Waals surface area contributed by atoms with Gasteiger partial charge in [-0.25, -0.2) is 0 Å². The Labute approximate surface area is 133 Å². The van der Waals surface area contributed by atoms with Gasteiger partial charge < -0.3 is 14.9 Å². The van der Waals surface area contributed by atoms with Crippen molar-refractivity contribution in [1.29, 1.82) is 0 Å². The van der Waals surface area contributed by atoms with Crippen LogP contribution in [0, 0.1) is 10.1 Å². The minimum atomic E-state index is -4.95. The molecule has 2 atom stereocenters. The number of benzene rings is 1. The Hall–Kier alpha value is -0.920. The molecule has 0 fully saturated rings. The second-order valence-corrected chi connectivity index (χ2v) is 8.70. The van der Waals surface area contributed by atoms with Crippen LogP contribution >= 0.6 is 19.4 Å². The van der Waals surface area contributed by atoms with E-state index in [1.807, 2.05) is 6.92 Å². The lowest BCUT2D eigenvalue weighted by Gasteiger charge is -2.31. The van der Waals surface area contributed by atoms with Gasteiger partial charge in [0.2, 0.25) is 4.67 Å². The number of aliphatic hydroxyl groups is 1. The van der Waals surface area contributed by atoms with Crippen molar-refractivity contribution in [3.8, 4) is 0 Å². The van der Waals surface area contributed by atoms with Gasteiger partial charge in [0.15, 0.2) is 0 Å². The lowest BCUT2D eigenvalue weighted by Crippen LogP contribution is -2.24. The van der Waals surface area contributed by atoms with Gasteiger partial charge in [-0.05, 0) is 6.42 Å². The zero-order chi connectivity index (χ0) is 17.0. The first kappa shape index (κ1) is 19.1. The minimum Gasteiger partial charge on any atom is -0.365 e. The first-order valence-electron chi connectivity index (χ1n) is 6.82. The van der Waals surface area contributed by atoms with E-state index >= 15 is 0 Å². The van der Waals surface area contributed by atoms with Gasteiger partial charge in [0.25, 0.3) is 5.69 Å². The van der Waals surface area contributed by atoms with Crippen LogP contribution in [0.15, 0.2) is 24.3 Å². The fourth-order valence-electron chi connectivity index (χ4n) is 1.96. The molecule has 124 valence electrons. The number of nitrogens with zero attached hydrogens (tertiary/aromatic N) is 1. The molecule has 0 aromatic heterocycles. The summed E-state index contributed by atoms with van der Waals surface area (Å²) in [6.45, 7) is 3.76. The molecule has 0 aliphatic rings. The Morgan fingerprint density at radius 2 is 2.09 bits per heavy atom. The highest BCUT2D eigenvalue weighted by atomic mass is 32.2. The predicted molar refractivity (Wildman–Crippen MR) is 85.6 cm³/mol. The summed E-state index contributed by atoms with van der Waals surface area (Å²) >= 11 is 0.737. The molecule has 0 bridgehead atoms. The number of hydrogen-bond acceptors (Lipinski definition) is 5. The van der Waals surface area contributed by atoms with Crippen LogP contribution in [0.3, 0.4) is 0 Å². The summed E-state index contributed by atoms with van der Waals surface area (Å²) in [5.41, 5.74) is -0.491. The Balaban J connectivity index is 3.20. The smallest absolute Gasteiger partial charge is 0.365 e. The molecule has 0 saturated heterocycles. The molecule has 7 nitrogen and oxygen atoms in total. The van der Waals surface area contributed by atoms with E-state index in [4.69, 9.17) is 0 Å². The van der Waals surface area contributed by atoms with E-state index in [1.54, 1.807) is 6.92 Å². The Bertz CT molecular complexity index is 577. The molecule has 9 heteroatoms. The fraction of sp³-hybridized carbons (Fsp3) is 0.538. The van der Waals surface area contributed by atoms with E-state index in [0.717, 1.165) is 30.7 Å². The SMILES string of the molecule is CCCCC(C)SC(O)(c1cccc([N+](=O)[O-])c1)P(=O)(O)O. The molecular formula is C13H20NO6PS. The summed E-state index contributed by atoms with van der Waals surface area (Å²) in [7, 11) is -4.95. The number of thioether (sulfide) groups is 1. The highest BCUT2D eigenvalue weighted by molar-refractivity contribution is 8.06. The van der Waals surface area contributed by atoms with Crippen LogP contribution in [0.5, 0.6) is 0 Å². The maximum Gasteiger partial charge on any atom is 0.372 e. The van der Waals surface area contributed by atoms with Gasteiger partial charge in [0, 0.05) is 22.9 Å². The normalized spacial score (nSPS) is 16.0. The van der Waals surface area contributed by atoms with Crippen molar-refractivity contribution in [2.45, 2.75) is 43.0 Å². The Kier molecular flexibility index (Phi) is 6.58. The standard InChI is InChI=1S/C13H20NO6PS/c1-3-4-6-10(2)22-13(15,21(18,19)20)11-7-5-8-12(9-11)14(16)17/h5,7-10,15H,3-4,6H2,1-2H3,(H2,18,19,20). The molecule has 0 heterocycles. The van der Waals surface area contributed by atoms with E-state index in [0.29, 0.717) is 6.42 Å². The minimum absolute atomic E-state index is 0.164. The zero-order valence-corrected chi connectivity index (χ0v) is 14.1.